The monoisotopic (exact) mass is 617 g/mol. The fourth-order valence-corrected chi connectivity index (χ4v) is 9.44. The molecule has 4 aliphatic rings. The molecule has 4 heterocycles. The fourth-order valence-electron chi connectivity index (χ4n) is 9.44. The Balaban J connectivity index is 1.22. The first-order chi connectivity index (χ1) is 24.2. The zero-order valence-corrected chi connectivity index (χ0v) is 26.9. The predicted molar refractivity (Wildman–Crippen MR) is 212 cm³/mol. The van der Waals surface area contributed by atoms with E-state index in [0.717, 1.165) is 11.1 Å². The van der Waals surface area contributed by atoms with E-state index in [-0.39, 0.29) is 13.4 Å². The van der Waals surface area contributed by atoms with Crippen LogP contribution in [0, 0.1) is 0 Å². The van der Waals surface area contributed by atoms with Crippen molar-refractivity contribution in [1.29, 1.82) is 0 Å². The highest BCUT2D eigenvalue weighted by molar-refractivity contribution is 7.05. The van der Waals surface area contributed by atoms with E-state index >= 15 is 0 Å². The van der Waals surface area contributed by atoms with Crippen molar-refractivity contribution >= 4 is 75.4 Å². The first-order valence-corrected chi connectivity index (χ1v) is 17.2. The van der Waals surface area contributed by atoms with Gasteiger partial charge in [-0.05, 0) is 89.6 Å². The number of nitrogens with zero attached hydrogens (tertiary/aromatic N) is 1. The summed E-state index contributed by atoms with van der Waals surface area (Å²) in [5.41, 5.74) is 25.1. The molecular weight excluding hydrogens is 588 g/mol. The van der Waals surface area contributed by atoms with E-state index in [9.17, 15) is 0 Å². The van der Waals surface area contributed by atoms with Crippen molar-refractivity contribution in [2.24, 2.45) is 0 Å². The molecule has 0 unspecified atom stereocenters. The fraction of sp³-hybridized carbons (Fsp3) is 0. The van der Waals surface area contributed by atoms with Crippen LogP contribution in [-0.2, 0) is 0 Å². The molecule has 0 N–H and O–H groups in total. The lowest BCUT2D eigenvalue weighted by atomic mass is 9.32. The second-order valence-corrected chi connectivity index (χ2v) is 13.7. The Morgan fingerprint density at radius 1 is 0.408 bits per heavy atom. The molecule has 0 atom stereocenters. The van der Waals surface area contributed by atoms with Crippen molar-refractivity contribution in [2.75, 3.05) is 4.90 Å². The van der Waals surface area contributed by atoms with Crippen LogP contribution in [0.15, 0.2) is 153 Å². The molecule has 0 spiro atoms. The maximum absolute atomic E-state index is 3.98. The SMILES string of the molecule is C=Cc1ccc(-c2ccc3c4c2-c2ccccc2B4c2cccc4c2N3c2ccc(-c3ccc(C=C)cc3)c3c2B4c2ccccc2-3)cc1. The Bertz CT molecular complexity index is 2420. The Labute approximate surface area is 287 Å². The summed E-state index contributed by atoms with van der Waals surface area (Å²) in [7, 11) is 0. The third-order valence-corrected chi connectivity index (χ3v) is 11.4. The number of anilines is 3. The molecule has 0 amide bonds. The average molecular weight is 617 g/mol. The molecule has 0 radical (unpaired) electrons. The molecule has 0 aromatic heterocycles. The van der Waals surface area contributed by atoms with Crippen LogP contribution in [0.25, 0.3) is 56.7 Å². The van der Waals surface area contributed by atoms with Gasteiger partial charge in [0.15, 0.2) is 0 Å². The van der Waals surface area contributed by atoms with Gasteiger partial charge in [-0.2, -0.15) is 0 Å². The quantitative estimate of drug-likeness (QED) is 0.186. The van der Waals surface area contributed by atoms with Crippen molar-refractivity contribution in [3.63, 3.8) is 0 Å². The first kappa shape index (κ1) is 27.0. The Hall–Kier alpha value is -6.05. The van der Waals surface area contributed by atoms with Gasteiger partial charge in [0, 0.05) is 17.1 Å². The summed E-state index contributed by atoms with van der Waals surface area (Å²) >= 11 is 0. The van der Waals surface area contributed by atoms with Crippen molar-refractivity contribution < 1.29 is 0 Å². The van der Waals surface area contributed by atoms with E-state index < -0.39 is 0 Å². The molecular formula is C46H29B2N. The van der Waals surface area contributed by atoms with Gasteiger partial charge in [-0.1, -0.05) is 164 Å². The highest BCUT2D eigenvalue weighted by Crippen LogP contribution is 2.47. The first-order valence-electron chi connectivity index (χ1n) is 17.2. The zero-order chi connectivity index (χ0) is 32.4. The highest BCUT2D eigenvalue weighted by Gasteiger charge is 2.50. The standard InChI is InChI=1S/C46H29B2N/c1-3-28-16-20-30(21-17-28)32-24-26-40-44-42(32)34-10-5-7-12-36(34)47(44)38-14-9-15-39-46(38)49(40)41-27-25-33(31-22-18-29(4-2)19-23-31)43-35-11-6-8-13-37(35)48(39)45(41)43/h3-27H,1-2H2. The maximum Gasteiger partial charge on any atom is 0.248 e. The van der Waals surface area contributed by atoms with Crippen molar-refractivity contribution in [2.45, 2.75) is 0 Å². The second-order valence-electron chi connectivity index (χ2n) is 13.7. The number of hydrogen-bond acceptors (Lipinski definition) is 1. The van der Waals surface area contributed by atoms with Gasteiger partial charge in [-0.3, -0.25) is 0 Å². The maximum atomic E-state index is 3.98. The van der Waals surface area contributed by atoms with Crippen LogP contribution in [0.2, 0.25) is 0 Å². The number of benzene rings is 7. The summed E-state index contributed by atoms with van der Waals surface area (Å²) in [4.78, 5) is 2.61. The van der Waals surface area contributed by atoms with Crippen LogP contribution >= 0.6 is 0 Å². The Kier molecular flexibility index (Phi) is 5.36. The lowest BCUT2D eigenvalue weighted by Gasteiger charge is -2.43. The van der Waals surface area contributed by atoms with Gasteiger partial charge < -0.3 is 4.90 Å². The normalized spacial score (nSPS) is 13.3. The molecule has 7 aromatic rings. The van der Waals surface area contributed by atoms with Crippen molar-refractivity contribution in [3.05, 3.63) is 164 Å². The van der Waals surface area contributed by atoms with Gasteiger partial charge >= 0.3 is 0 Å². The minimum Gasteiger partial charge on any atom is -0.312 e. The lowest BCUT2D eigenvalue weighted by Crippen LogP contribution is -2.62. The number of hydrogen-bond donors (Lipinski definition) is 0. The molecule has 3 heteroatoms. The molecule has 11 rings (SSSR count). The van der Waals surface area contributed by atoms with Crippen molar-refractivity contribution in [3.8, 4) is 44.5 Å². The van der Waals surface area contributed by atoms with Gasteiger partial charge in [0.25, 0.3) is 0 Å². The molecule has 224 valence electrons. The topological polar surface area (TPSA) is 3.24 Å². The molecule has 4 aliphatic heterocycles. The summed E-state index contributed by atoms with van der Waals surface area (Å²) in [6, 6.07) is 52.5. The molecule has 0 bridgehead atoms. The molecule has 0 aliphatic carbocycles. The third kappa shape index (κ3) is 3.42. The third-order valence-electron chi connectivity index (χ3n) is 11.4. The van der Waals surface area contributed by atoms with Crippen LogP contribution in [0.5, 0.6) is 0 Å². The Morgan fingerprint density at radius 3 is 1.29 bits per heavy atom. The smallest absolute Gasteiger partial charge is 0.248 e. The molecule has 7 aromatic carbocycles. The molecule has 0 fully saturated rings. The Morgan fingerprint density at radius 2 is 0.837 bits per heavy atom. The van der Waals surface area contributed by atoms with E-state index in [1.54, 1.807) is 0 Å². The van der Waals surface area contributed by atoms with Crippen LogP contribution in [0.1, 0.15) is 11.1 Å². The molecule has 1 nitrogen and oxygen atoms in total. The zero-order valence-electron chi connectivity index (χ0n) is 26.9. The lowest BCUT2D eigenvalue weighted by molar-refractivity contribution is 1.31. The van der Waals surface area contributed by atoms with Gasteiger partial charge in [-0.15, -0.1) is 0 Å². The van der Waals surface area contributed by atoms with E-state index in [4.69, 9.17) is 0 Å². The largest absolute Gasteiger partial charge is 0.312 e. The summed E-state index contributed by atoms with van der Waals surface area (Å²) in [6.45, 7) is 8.32. The summed E-state index contributed by atoms with van der Waals surface area (Å²) in [6.07, 6.45) is 3.83. The summed E-state index contributed by atoms with van der Waals surface area (Å²) < 4.78 is 0. The molecule has 0 saturated carbocycles. The highest BCUT2D eigenvalue weighted by atomic mass is 15.2. The summed E-state index contributed by atoms with van der Waals surface area (Å²) in [5, 5.41) is 0. The van der Waals surface area contributed by atoms with Gasteiger partial charge in [0.1, 0.15) is 0 Å². The second kappa shape index (κ2) is 9.75. The minimum absolute atomic E-state index is 0.181. The van der Waals surface area contributed by atoms with E-state index in [1.165, 1.54) is 94.3 Å². The van der Waals surface area contributed by atoms with E-state index in [2.05, 4.69) is 158 Å². The van der Waals surface area contributed by atoms with Gasteiger partial charge in [0.2, 0.25) is 13.4 Å². The van der Waals surface area contributed by atoms with Gasteiger partial charge in [0.05, 0.1) is 0 Å². The van der Waals surface area contributed by atoms with Gasteiger partial charge in [-0.25, -0.2) is 0 Å². The van der Waals surface area contributed by atoms with E-state index in [0.29, 0.717) is 0 Å². The van der Waals surface area contributed by atoms with Crippen molar-refractivity contribution in [1.82, 2.24) is 0 Å². The van der Waals surface area contributed by atoms with Crippen LogP contribution in [0.3, 0.4) is 0 Å². The minimum atomic E-state index is 0.181. The van der Waals surface area contributed by atoms with E-state index in [1.807, 2.05) is 12.2 Å². The average Bonchev–Trinajstić information content (AvgIpc) is 3.70. The van der Waals surface area contributed by atoms with Crippen LogP contribution in [-0.4, -0.2) is 13.4 Å². The molecule has 0 saturated heterocycles. The molecule has 49 heavy (non-hydrogen) atoms. The van der Waals surface area contributed by atoms with Crippen LogP contribution < -0.4 is 37.7 Å². The number of para-hydroxylation sites is 1. The number of rotatable bonds is 4. The predicted octanol–water partition coefficient (Wildman–Crippen LogP) is 7.40. The number of fused-ring (bicyclic) bond motifs is 10. The van der Waals surface area contributed by atoms with Crippen LogP contribution in [0.4, 0.5) is 17.1 Å². The summed E-state index contributed by atoms with van der Waals surface area (Å²) in [5.74, 6) is 0.